The third kappa shape index (κ3) is 5.35. The third-order valence-corrected chi connectivity index (χ3v) is 5.88. The smallest absolute Gasteiger partial charge is 0.286 e. The number of carbonyl (C=O) groups is 2. The van der Waals surface area contributed by atoms with Crippen molar-refractivity contribution in [3.05, 3.63) is 75.9 Å². The lowest BCUT2D eigenvalue weighted by Gasteiger charge is -2.04. The molecule has 4 aromatic rings. The molecule has 31 heavy (non-hydrogen) atoms. The van der Waals surface area contributed by atoms with Crippen LogP contribution in [0.15, 0.2) is 54.7 Å². The number of aromatic nitrogens is 3. The molecule has 4 rings (SSSR count). The molecule has 2 heterocycles. The number of carbonyl (C=O) groups excluding carboxylic acids is 2. The monoisotopic (exact) mass is 433 g/mol. The highest BCUT2D eigenvalue weighted by Crippen LogP contribution is 2.20. The summed E-state index contributed by atoms with van der Waals surface area (Å²) in [5.74, 6) is -0.338. The molecule has 0 unspecified atom stereocenters. The van der Waals surface area contributed by atoms with Crippen molar-refractivity contribution < 1.29 is 9.59 Å². The maximum Gasteiger partial charge on any atom is 0.286 e. The zero-order chi connectivity index (χ0) is 21.6. The van der Waals surface area contributed by atoms with Crippen LogP contribution in [0, 0.1) is 6.92 Å². The van der Waals surface area contributed by atoms with E-state index in [1.807, 2.05) is 36.5 Å². The van der Waals surface area contributed by atoms with Gasteiger partial charge >= 0.3 is 0 Å². The Morgan fingerprint density at radius 1 is 1.06 bits per heavy atom. The van der Waals surface area contributed by atoms with E-state index in [-0.39, 0.29) is 16.8 Å². The molecular weight excluding hydrogens is 410 g/mol. The number of hydrogen-bond acceptors (Lipinski definition) is 5. The van der Waals surface area contributed by atoms with Gasteiger partial charge in [0.1, 0.15) is 5.01 Å². The lowest BCUT2D eigenvalue weighted by Crippen LogP contribution is -2.25. The number of aromatic amines is 1. The van der Waals surface area contributed by atoms with Crippen molar-refractivity contribution in [1.29, 1.82) is 0 Å². The molecule has 0 atom stereocenters. The van der Waals surface area contributed by atoms with E-state index in [1.54, 1.807) is 0 Å². The Morgan fingerprint density at radius 3 is 2.74 bits per heavy atom. The van der Waals surface area contributed by atoms with Crippen molar-refractivity contribution in [1.82, 2.24) is 20.5 Å². The number of anilines is 1. The number of nitrogens with zero attached hydrogens (tertiary/aromatic N) is 2. The first-order valence-corrected chi connectivity index (χ1v) is 10.9. The molecule has 0 aliphatic heterocycles. The fraction of sp³-hybridized carbons (Fsp3) is 0.217. The molecule has 2 amide bonds. The van der Waals surface area contributed by atoms with Crippen molar-refractivity contribution >= 4 is 39.7 Å². The number of benzene rings is 2. The number of para-hydroxylation sites is 1. The van der Waals surface area contributed by atoms with Crippen molar-refractivity contribution in [2.24, 2.45) is 0 Å². The quantitative estimate of drug-likeness (QED) is 0.393. The number of hydrogen-bond donors (Lipinski definition) is 3. The molecule has 7 nitrogen and oxygen atoms in total. The van der Waals surface area contributed by atoms with Crippen LogP contribution in [0.25, 0.3) is 10.9 Å². The Balaban J connectivity index is 1.23. The zero-order valence-electron chi connectivity index (χ0n) is 17.1. The van der Waals surface area contributed by atoms with Gasteiger partial charge in [-0.15, -0.1) is 10.2 Å². The van der Waals surface area contributed by atoms with Crippen LogP contribution < -0.4 is 10.6 Å². The van der Waals surface area contributed by atoms with E-state index < -0.39 is 0 Å². The molecule has 0 fully saturated rings. The Kier molecular flexibility index (Phi) is 6.37. The van der Waals surface area contributed by atoms with Gasteiger partial charge in [-0.05, 0) is 43.2 Å². The van der Waals surface area contributed by atoms with E-state index in [0.717, 1.165) is 11.9 Å². The molecule has 2 aromatic carbocycles. The first kappa shape index (κ1) is 20.7. The maximum atomic E-state index is 12.2. The molecule has 0 bridgehead atoms. The minimum atomic E-state index is -0.298. The van der Waals surface area contributed by atoms with Gasteiger partial charge in [0.15, 0.2) is 0 Å². The SMILES string of the molecule is Cc1ccc2[nH]cc(CCNC(=O)CCc3nnc(C(=O)Nc4ccccc4)s3)c2c1. The standard InChI is InChI=1S/C23H23N5O2S/c1-15-7-8-19-18(13-15)16(14-25-19)11-12-24-20(29)9-10-21-27-28-23(31-21)22(30)26-17-5-3-2-4-6-17/h2-8,13-14,25H,9-12H2,1H3,(H,24,29)(H,26,30). The molecular formula is C23H23N5O2S. The number of H-pyrrole nitrogens is 1. The second-order valence-corrected chi connectivity index (χ2v) is 8.35. The first-order valence-electron chi connectivity index (χ1n) is 10.1. The number of nitrogens with one attached hydrogen (secondary N) is 3. The van der Waals surface area contributed by atoms with Crippen LogP contribution in [-0.2, 0) is 17.6 Å². The topological polar surface area (TPSA) is 99.8 Å². The van der Waals surface area contributed by atoms with Crippen molar-refractivity contribution in [3.63, 3.8) is 0 Å². The second-order valence-electron chi connectivity index (χ2n) is 7.28. The summed E-state index contributed by atoms with van der Waals surface area (Å²) in [5.41, 5.74) is 4.22. The number of amides is 2. The van der Waals surface area contributed by atoms with E-state index >= 15 is 0 Å². The van der Waals surface area contributed by atoms with Crippen LogP contribution in [0.4, 0.5) is 5.69 Å². The number of aryl methyl sites for hydroxylation is 2. The van der Waals surface area contributed by atoms with Crippen LogP contribution in [-0.4, -0.2) is 33.5 Å². The minimum absolute atomic E-state index is 0.0403. The largest absolute Gasteiger partial charge is 0.361 e. The molecule has 0 spiro atoms. The predicted octanol–water partition coefficient (Wildman–Crippen LogP) is 3.87. The molecule has 0 saturated carbocycles. The summed E-state index contributed by atoms with van der Waals surface area (Å²) in [6, 6.07) is 15.5. The maximum absolute atomic E-state index is 12.2. The van der Waals surface area contributed by atoms with Gasteiger partial charge in [-0.2, -0.15) is 0 Å². The van der Waals surface area contributed by atoms with Gasteiger partial charge in [0, 0.05) is 42.2 Å². The van der Waals surface area contributed by atoms with Crippen molar-refractivity contribution in [2.45, 2.75) is 26.2 Å². The predicted molar refractivity (Wildman–Crippen MR) is 122 cm³/mol. The van der Waals surface area contributed by atoms with Gasteiger partial charge in [-0.3, -0.25) is 9.59 Å². The molecule has 0 aliphatic carbocycles. The average Bonchev–Trinajstić information content (AvgIpc) is 3.40. The lowest BCUT2D eigenvalue weighted by atomic mass is 10.1. The Bertz CT molecular complexity index is 1200. The molecule has 158 valence electrons. The highest BCUT2D eigenvalue weighted by Gasteiger charge is 2.14. The summed E-state index contributed by atoms with van der Waals surface area (Å²) >= 11 is 1.21. The summed E-state index contributed by atoms with van der Waals surface area (Å²) in [7, 11) is 0. The summed E-state index contributed by atoms with van der Waals surface area (Å²) in [5, 5.41) is 15.9. The van der Waals surface area contributed by atoms with Crippen LogP contribution in [0.3, 0.4) is 0 Å². The molecule has 0 saturated heterocycles. The number of rotatable bonds is 8. The molecule has 8 heteroatoms. The Hall–Kier alpha value is -3.52. The van der Waals surface area contributed by atoms with Crippen molar-refractivity contribution in [2.75, 3.05) is 11.9 Å². The Labute approximate surface area is 183 Å². The van der Waals surface area contributed by atoms with Crippen LogP contribution in [0.2, 0.25) is 0 Å². The fourth-order valence-corrected chi connectivity index (χ4v) is 4.03. The first-order chi connectivity index (χ1) is 15.1. The minimum Gasteiger partial charge on any atom is -0.361 e. The van der Waals surface area contributed by atoms with Gasteiger partial charge in [0.2, 0.25) is 10.9 Å². The highest BCUT2D eigenvalue weighted by atomic mass is 32.1. The zero-order valence-corrected chi connectivity index (χ0v) is 18.0. The van der Waals surface area contributed by atoms with E-state index in [0.29, 0.717) is 30.1 Å². The summed E-state index contributed by atoms with van der Waals surface area (Å²) in [6.45, 7) is 2.64. The van der Waals surface area contributed by atoms with E-state index in [2.05, 4.69) is 50.9 Å². The average molecular weight is 434 g/mol. The highest BCUT2D eigenvalue weighted by molar-refractivity contribution is 7.13. The second kappa shape index (κ2) is 9.53. The van der Waals surface area contributed by atoms with Gasteiger partial charge in [0.25, 0.3) is 5.91 Å². The molecule has 0 aliphatic rings. The van der Waals surface area contributed by atoms with Gasteiger partial charge in [-0.25, -0.2) is 0 Å². The van der Waals surface area contributed by atoms with Gasteiger partial charge in [0.05, 0.1) is 0 Å². The van der Waals surface area contributed by atoms with E-state index in [4.69, 9.17) is 0 Å². The third-order valence-electron chi connectivity index (χ3n) is 4.90. The van der Waals surface area contributed by atoms with Gasteiger partial charge in [-0.1, -0.05) is 41.2 Å². The molecule has 0 radical (unpaired) electrons. The summed E-state index contributed by atoms with van der Waals surface area (Å²) in [6.07, 6.45) is 3.52. The van der Waals surface area contributed by atoms with E-state index in [9.17, 15) is 9.59 Å². The lowest BCUT2D eigenvalue weighted by molar-refractivity contribution is -0.121. The molecule has 3 N–H and O–H groups in total. The van der Waals surface area contributed by atoms with Gasteiger partial charge < -0.3 is 15.6 Å². The van der Waals surface area contributed by atoms with Crippen LogP contribution in [0.5, 0.6) is 0 Å². The van der Waals surface area contributed by atoms with Crippen LogP contribution >= 0.6 is 11.3 Å². The van der Waals surface area contributed by atoms with Crippen molar-refractivity contribution in [3.8, 4) is 0 Å². The molecule has 2 aromatic heterocycles. The Morgan fingerprint density at radius 2 is 1.90 bits per heavy atom. The summed E-state index contributed by atoms with van der Waals surface area (Å²) < 4.78 is 0. The fourth-order valence-electron chi connectivity index (χ4n) is 3.30. The normalized spacial score (nSPS) is 10.9. The number of fused-ring (bicyclic) bond motifs is 1. The summed E-state index contributed by atoms with van der Waals surface area (Å²) in [4.78, 5) is 27.7. The van der Waals surface area contributed by atoms with Crippen LogP contribution in [0.1, 0.15) is 32.4 Å². The van der Waals surface area contributed by atoms with E-state index in [1.165, 1.54) is 27.8 Å².